The maximum atomic E-state index is 14.1. The van der Waals surface area contributed by atoms with Gasteiger partial charge in [0.05, 0.1) is 0 Å². The highest BCUT2D eigenvalue weighted by Gasteiger charge is 2.59. The molecule has 4 saturated carbocycles. The second-order valence-electron chi connectivity index (χ2n) is 9.29. The molecule has 0 aliphatic heterocycles. The van der Waals surface area contributed by atoms with Crippen LogP contribution in [0.3, 0.4) is 0 Å². The molecule has 0 radical (unpaired) electrons. The van der Waals surface area contributed by atoms with Crippen molar-refractivity contribution in [2.24, 2.45) is 28.9 Å². The molecule has 0 saturated heterocycles. The fourth-order valence-corrected chi connectivity index (χ4v) is 6.61. The lowest BCUT2D eigenvalue weighted by Crippen LogP contribution is -2.62. The van der Waals surface area contributed by atoms with Gasteiger partial charge in [-0.05, 0) is 74.1 Å². The summed E-state index contributed by atoms with van der Waals surface area (Å²) in [7, 11) is 1.86. The van der Waals surface area contributed by atoms with Crippen LogP contribution in [0, 0.1) is 29.0 Å². The summed E-state index contributed by atoms with van der Waals surface area (Å²) in [5.41, 5.74) is 6.93. The predicted molar refractivity (Wildman–Crippen MR) is 107 cm³/mol. The number of carbonyl (C=O) groups is 2. The molecule has 4 aliphatic carbocycles. The van der Waals surface area contributed by atoms with Crippen LogP contribution in [0.15, 0.2) is 36.4 Å². The summed E-state index contributed by atoms with van der Waals surface area (Å²) in [5, 5.41) is 0. The molecule has 2 aromatic rings. The number of primary amides is 1. The number of H-pyrrole nitrogens is 1. The first-order chi connectivity index (χ1) is 13.9. The Morgan fingerprint density at radius 3 is 2.45 bits per heavy atom. The van der Waals surface area contributed by atoms with Crippen molar-refractivity contribution >= 4 is 11.8 Å². The van der Waals surface area contributed by atoms with E-state index in [1.165, 1.54) is 6.07 Å². The molecule has 4 bridgehead atoms. The lowest BCUT2D eigenvalue weighted by molar-refractivity contribution is -0.149. The highest BCUT2D eigenvalue weighted by atomic mass is 19.1. The molecule has 2 atom stereocenters. The Morgan fingerprint density at radius 1 is 1.10 bits per heavy atom. The fourth-order valence-electron chi connectivity index (χ4n) is 6.61. The van der Waals surface area contributed by atoms with E-state index in [-0.39, 0.29) is 29.1 Å². The Kier molecular flexibility index (Phi) is 4.09. The van der Waals surface area contributed by atoms with Crippen LogP contribution in [-0.4, -0.2) is 34.8 Å². The molecule has 4 fully saturated rings. The van der Waals surface area contributed by atoms with Crippen molar-refractivity contribution in [1.82, 2.24) is 9.88 Å². The SMILES string of the molecule is CN(C(=O)c1ccc(-c2ccccc2F)[nH]1)C1C2CC3CC1CC(C(N)=O)(C3)C2. The molecular formula is C23H26FN3O2. The molecule has 4 aliphatic rings. The van der Waals surface area contributed by atoms with Gasteiger partial charge in [0.25, 0.3) is 5.91 Å². The molecule has 29 heavy (non-hydrogen) atoms. The van der Waals surface area contributed by atoms with Gasteiger partial charge in [0.2, 0.25) is 5.91 Å². The van der Waals surface area contributed by atoms with Gasteiger partial charge in [0.15, 0.2) is 0 Å². The van der Waals surface area contributed by atoms with Crippen LogP contribution in [0.2, 0.25) is 0 Å². The number of hydrogen-bond donors (Lipinski definition) is 2. The number of halogens is 1. The summed E-state index contributed by atoms with van der Waals surface area (Å²) >= 11 is 0. The highest BCUT2D eigenvalue weighted by molar-refractivity contribution is 5.93. The van der Waals surface area contributed by atoms with Gasteiger partial charge in [-0.15, -0.1) is 0 Å². The summed E-state index contributed by atoms with van der Waals surface area (Å²) in [4.78, 5) is 30.3. The molecule has 3 N–H and O–H groups in total. The third-order valence-electron chi connectivity index (χ3n) is 7.59. The second-order valence-corrected chi connectivity index (χ2v) is 9.29. The van der Waals surface area contributed by atoms with Gasteiger partial charge in [-0.25, -0.2) is 4.39 Å². The van der Waals surface area contributed by atoms with E-state index in [9.17, 15) is 14.0 Å². The van der Waals surface area contributed by atoms with Crippen molar-refractivity contribution < 1.29 is 14.0 Å². The van der Waals surface area contributed by atoms with Crippen LogP contribution in [0.5, 0.6) is 0 Å². The first kappa shape index (κ1) is 18.4. The van der Waals surface area contributed by atoms with E-state index in [4.69, 9.17) is 5.73 Å². The lowest BCUT2D eigenvalue weighted by Gasteiger charge is -2.60. The average molecular weight is 395 g/mol. The number of aromatic amines is 1. The summed E-state index contributed by atoms with van der Waals surface area (Å²) in [6.45, 7) is 0. The minimum Gasteiger partial charge on any atom is -0.369 e. The maximum absolute atomic E-state index is 14.1. The van der Waals surface area contributed by atoms with Crippen LogP contribution in [0.4, 0.5) is 4.39 Å². The molecule has 6 heteroatoms. The van der Waals surface area contributed by atoms with E-state index in [0.29, 0.717) is 34.7 Å². The van der Waals surface area contributed by atoms with Crippen molar-refractivity contribution in [3.63, 3.8) is 0 Å². The number of nitrogens with zero attached hydrogens (tertiary/aromatic N) is 1. The topological polar surface area (TPSA) is 79.2 Å². The normalized spacial score (nSPS) is 32.3. The van der Waals surface area contributed by atoms with Crippen molar-refractivity contribution in [2.75, 3.05) is 7.05 Å². The zero-order chi connectivity index (χ0) is 20.3. The zero-order valence-electron chi connectivity index (χ0n) is 16.5. The Balaban J connectivity index is 1.38. The van der Waals surface area contributed by atoms with E-state index < -0.39 is 0 Å². The Labute approximate surface area is 169 Å². The fraction of sp³-hybridized carbons (Fsp3) is 0.478. The number of benzene rings is 1. The number of hydrogen-bond acceptors (Lipinski definition) is 2. The lowest BCUT2D eigenvalue weighted by atomic mass is 9.47. The molecule has 5 nitrogen and oxygen atoms in total. The van der Waals surface area contributed by atoms with E-state index >= 15 is 0 Å². The first-order valence-electron chi connectivity index (χ1n) is 10.4. The quantitative estimate of drug-likeness (QED) is 0.830. The number of amides is 2. The summed E-state index contributed by atoms with van der Waals surface area (Å²) in [6, 6.07) is 10.1. The van der Waals surface area contributed by atoms with Crippen molar-refractivity contribution in [1.29, 1.82) is 0 Å². The number of rotatable bonds is 4. The Hall–Kier alpha value is -2.63. The highest BCUT2D eigenvalue weighted by Crippen LogP contribution is 2.60. The predicted octanol–water partition coefficient (Wildman–Crippen LogP) is 3.57. The number of nitrogens with one attached hydrogen (secondary N) is 1. The molecular weight excluding hydrogens is 369 g/mol. The van der Waals surface area contributed by atoms with Gasteiger partial charge in [-0.1, -0.05) is 12.1 Å². The van der Waals surface area contributed by atoms with E-state index in [0.717, 1.165) is 32.1 Å². The van der Waals surface area contributed by atoms with Crippen molar-refractivity contribution in [3.8, 4) is 11.3 Å². The molecule has 0 spiro atoms. The smallest absolute Gasteiger partial charge is 0.270 e. The van der Waals surface area contributed by atoms with E-state index in [1.807, 2.05) is 11.9 Å². The molecule has 1 aromatic heterocycles. The van der Waals surface area contributed by atoms with E-state index in [1.54, 1.807) is 30.3 Å². The van der Waals surface area contributed by atoms with Crippen LogP contribution in [0.25, 0.3) is 11.3 Å². The number of nitrogens with two attached hydrogens (primary N) is 1. The monoisotopic (exact) mass is 395 g/mol. The minimum absolute atomic E-state index is 0.0850. The third kappa shape index (κ3) is 2.80. The number of carbonyl (C=O) groups excluding carboxylic acids is 2. The van der Waals surface area contributed by atoms with Gasteiger partial charge >= 0.3 is 0 Å². The average Bonchev–Trinajstić information content (AvgIpc) is 3.16. The second kappa shape index (κ2) is 6.44. The summed E-state index contributed by atoms with van der Waals surface area (Å²) in [6.07, 6.45) is 4.64. The van der Waals surface area contributed by atoms with E-state index in [2.05, 4.69) is 4.98 Å². The van der Waals surface area contributed by atoms with Crippen LogP contribution in [-0.2, 0) is 4.79 Å². The molecule has 2 unspecified atom stereocenters. The van der Waals surface area contributed by atoms with Gasteiger partial charge < -0.3 is 15.6 Å². The van der Waals surface area contributed by atoms with Crippen LogP contribution < -0.4 is 5.73 Å². The van der Waals surface area contributed by atoms with Gasteiger partial charge in [-0.2, -0.15) is 0 Å². The first-order valence-corrected chi connectivity index (χ1v) is 10.4. The number of aromatic nitrogens is 1. The van der Waals surface area contributed by atoms with Gasteiger partial charge in [-0.3, -0.25) is 9.59 Å². The molecule has 1 heterocycles. The standard InChI is InChI=1S/C23H26FN3O2/c1-27(20-14-8-13-9-15(20)12-23(10-13,11-14)22(25)29)21(28)19-7-6-18(26-19)16-4-2-3-5-17(16)24/h2-7,13-15,20,26H,8-12H2,1H3,(H2,25,29). The van der Waals surface area contributed by atoms with Crippen molar-refractivity contribution in [3.05, 3.63) is 47.9 Å². The third-order valence-corrected chi connectivity index (χ3v) is 7.59. The minimum atomic E-state index is -0.360. The molecule has 1 aromatic carbocycles. The van der Waals surface area contributed by atoms with Crippen molar-refractivity contribution in [2.45, 2.75) is 38.1 Å². The van der Waals surface area contributed by atoms with Gasteiger partial charge in [0, 0.05) is 29.8 Å². The summed E-state index contributed by atoms with van der Waals surface area (Å²) < 4.78 is 14.1. The Bertz CT molecular complexity index is 968. The van der Waals surface area contributed by atoms with Gasteiger partial charge in [0.1, 0.15) is 11.5 Å². The Morgan fingerprint density at radius 2 is 1.79 bits per heavy atom. The summed E-state index contributed by atoms with van der Waals surface area (Å²) in [5.74, 6) is 0.631. The zero-order valence-corrected chi connectivity index (χ0v) is 16.5. The largest absolute Gasteiger partial charge is 0.369 e. The van der Waals surface area contributed by atoms with Crippen LogP contribution in [0.1, 0.15) is 42.6 Å². The van der Waals surface area contributed by atoms with Crippen LogP contribution >= 0.6 is 0 Å². The maximum Gasteiger partial charge on any atom is 0.270 e. The molecule has 152 valence electrons. The molecule has 2 amide bonds. The molecule has 6 rings (SSSR count).